The van der Waals surface area contributed by atoms with E-state index in [4.69, 9.17) is 10.5 Å². The van der Waals surface area contributed by atoms with Crippen molar-refractivity contribution in [2.75, 3.05) is 24.3 Å². The van der Waals surface area contributed by atoms with Gasteiger partial charge >= 0.3 is 0 Å². The molecule has 0 radical (unpaired) electrons. The third-order valence-corrected chi connectivity index (χ3v) is 2.65. The van der Waals surface area contributed by atoms with Crippen LogP contribution in [0.1, 0.15) is 12.8 Å². The van der Waals surface area contributed by atoms with Gasteiger partial charge in [0.05, 0.1) is 0 Å². The van der Waals surface area contributed by atoms with Gasteiger partial charge in [0.1, 0.15) is 0 Å². The van der Waals surface area contributed by atoms with E-state index in [1.807, 2.05) is 0 Å². The zero-order chi connectivity index (χ0) is 9.10. The first kappa shape index (κ1) is 8.71. The molecule has 5 nitrogen and oxygen atoms in total. The van der Waals surface area contributed by atoms with Crippen LogP contribution in [-0.4, -0.2) is 28.6 Å². The van der Waals surface area contributed by atoms with Crippen molar-refractivity contribution >= 4 is 22.6 Å². The number of ether oxygens (including phenoxy) is 1. The summed E-state index contributed by atoms with van der Waals surface area (Å²) < 4.78 is 9.14. The number of nitrogens with two attached hydrogens (primary N) is 1. The van der Waals surface area contributed by atoms with Crippen LogP contribution in [0.15, 0.2) is 0 Å². The molecule has 6 heteroatoms. The molecule has 0 aromatic carbocycles. The number of nitrogens with zero attached hydrogens (tertiary/aromatic N) is 2. The van der Waals surface area contributed by atoms with Gasteiger partial charge in [0.25, 0.3) is 0 Å². The number of rotatable bonds is 2. The minimum absolute atomic E-state index is 0.347. The molecule has 72 valence electrons. The van der Waals surface area contributed by atoms with Crippen molar-refractivity contribution in [1.82, 2.24) is 9.36 Å². The second-order valence-corrected chi connectivity index (χ2v) is 3.74. The maximum Gasteiger partial charge on any atom is 0.233 e. The highest BCUT2D eigenvalue weighted by molar-refractivity contribution is 7.09. The average molecular weight is 200 g/mol. The van der Waals surface area contributed by atoms with Crippen molar-refractivity contribution < 1.29 is 4.74 Å². The monoisotopic (exact) mass is 200 g/mol. The molecule has 0 aliphatic carbocycles. The molecule has 1 fully saturated rings. The van der Waals surface area contributed by atoms with E-state index in [-0.39, 0.29) is 0 Å². The molecule has 1 aliphatic rings. The maximum atomic E-state index is 5.41. The molecular formula is C7H12N4OS. The Morgan fingerprint density at radius 3 is 2.85 bits per heavy atom. The lowest BCUT2D eigenvalue weighted by Crippen LogP contribution is -2.27. The Morgan fingerprint density at radius 2 is 2.23 bits per heavy atom. The van der Waals surface area contributed by atoms with Gasteiger partial charge in [0.15, 0.2) is 0 Å². The van der Waals surface area contributed by atoms with Crippen LogP contribution >= 0.6 is 11.5 Å². The zero-order valence-electron chi connectivity index (χ0n) is 7.19. The molecular weight excluding hydrogens is 188 g/mol. The summed E-state index contributed by atoms with van der Waals surface area (Å²) >= 11 is 1.31. The summed E-state index contributed by atoms with van der Waals surface area (Å²) in [5.41, 5.74) is 5.41. The lowest BCUT2D eigenvalue weighted by Gasteiger charge is -2.22. The Bertz CT molecular complexity index is 271. The minimum atomic E-state index is 0.347. The predicted molar refractivity (Wildman–Crippen MR) is 51.8 cm³/mol. The molecule has 0 unspecified atom stereocenters. The normalized spacial score (nSPS) is 18.8. The topological polar surface area (TPSA) is 73.1 Å². The van der Waals surface area contributed by atoms with E-state index in [9.17, 15) is 0 Å². The van der Waals surface area contributed by atoms with Gasteiger partial charge in [-0.3, -0.25) is 0 Å². The highest BCUT2D eigenvalue weighted by atomic mass is 32.1. The summed E-state index contributed by atoms with van der Waals surface area (Å²) in [6.45, 7) is 1.65. The third-order valence-electron chi connectivity index (χ3n) is 1.99. The Morgan fingerprint density at radius 1 is 1.46 bits per heavy atom. The standard InChI is InChI=1S/C7H12N4OS/c8-6-10-7(13-11-6)9-5-1-3-12-4-2-5/h5H,1-4H2,(H3,8,9,10,11). The van der Waals surface area contributed by atoms with Gasteiger partial charge in [0.2, 0.25) is 11.1 Å². The van der Waals surface area contributed by atoms with E-state index in [0.717, 1.165) is 31.2 Å². The minimum Gasteiger partial charge on any atom is -0.381 e. The molecule has 3 N–H and O–H groups in total. The van der Waals surface area contributed by atoms with Crippen molar-refractivity contribution in [3.63, 3.8) is 0 Å². The second-order valence-electron chi connectivity index (χ2n) is 2.99. The van der Waals surface area contributed by atoms with Crippen LogP contribution in [0.2, 0.25) is 0 Å². The molecule has 1 aromatic rings. The fourth-order valence-corrected chi connectivity index (χ4v) is 1.88. The molecule has 0 bridgehead atoms. The maximum absolute atomic E-state index is 5.41. The van der Waals surface area contributed by atoms with E-state index in [0.29, 0.717) is 12.0 Å². The van der Waals surface area contributed by atoms with E-state index < -0.39 is 0 Å². The summed E-state index contributed by atoms with van der Waals surface area (Å²) in [6.07, 6.45) is 2.05. The molecule has 0 spiro atoms. The van der Waals surface area contributed by atoms with Gasteiger partial charge in [-0.25, -0.2) is 0 Å². The van der Waals surface area contributed by atoms with Gasteiger partial charge in [-0.05, 0) is 12.8 Å². The Labute approximate surface area is 80.5 Å². The second kappa shape index (κ2) is 3.89. The summed E-state index contributed by atoms with van der Waals surface area (Å²) in [7, 11) is 0. The van der Waals surface area contributed by atoms with Crippen LogP contribution in [-0.2, 0) is 4.74 Å². The number of nitrogens with one attached hydrogen (secondary N) is 1. The smallest absolute Gasteiger partial charge is 0.233 e. The summed E-state index contributed by atoms with van der Waals surface area (Å²) in [6, 6.07) is 0.459. The van der Waals surface area contributed by atoms with Crippen LogP contribution in [0.4, 0.5) is 11.1 Å². The SMILES string of the molecule is Nc1nsc(NC2CCOCC2)n1. The number of hydrogen-bond donors (Lipinski definition) is 2. The van der Waals surface area contributed by atoms with E-state index in [1.54, 1.807) is 0 Å². The molecule has 0 saturated carbocycles. The number of nitrogen functional groups attached to an aromatic ring is 1. The van der Waals surface area contributed by atoms with Gasteiger partial charge in [-0.2, -0.15) is 9.36 Å². The average Bonchev–Trinajstić information content (AvgIpc) is 2.53. The van der Waals surface area contributed by atoms with E-state index in [1.165, 1.54) is 11.5 Å². The molecule has 2 rings (SSSR count). The zero-order valence-corrected chi connectivity index (χ0v) is 8.01. The number of hydrogen-bond acceptors (Lipinski definition) is 6. The highest BCUT2D eigenvalue weighted by Gasteiger charge is 2.14. The highest BCUT2D eigenvalue weighted by Crippen LogP contribution is 2.17. The van der Waals surface area contributed by atoms with Crippen LogP contribution < -0.4 is 11.1 Å². The largest absolute Gasteiger partial charge is 0.381 e. The van der Waals surface area contributed by atoms with Gasteiger partial charge in [-0.1, -0.05) is 0 Å². The number of anilines is 2. The molecule has 0 amide bonds. The lowest BCUT2D eigenvalue weighted by molar-refractivity contribution is 0.0904. The first-order valence-electron chi connectivity index (χ1n) is 4.28. The van der Waals surface area contributed by atoms with Crippen molar-refractivity contribution in [3.8, 4) is 0 Å². The third kappa shape index (κ3) is 2.28. The fourth-order valence-electron chi connectivity index (χ4n) is 1.31. The first-order chi connectivity index (χ1) is 6.34. The fraction of sp³-hybridized carbons (Fsp3) is 0.714. The Hall–Kier alpha value is -0.880. The van der Waals surface area contributed by atoms with Crippen molar-refractivity contribution in [1.29, 1.82) is 0 Å². The van der Waals surface area contributed by atoms with Crippen molar-refractivity contribution in [3.05, 3.63) is 0 Å². The van der Waals surface area contributed by atoms with Crippen LogP contribution in [0.5, 0.6) is 0 Å². The predicted octanol–water partition coefficient (Wildman–Crippen LogP) is 0.711. The van der Waals surface area contributed by atoms with Crippen molar-refractivity contribution in [2.24, 2.45) is 0 Å². The summed E-state index contributed by atoms with van der Waals surface area (Å²) in [5.74, 6) is 0.347. The Balaban J connectivity index is 1.89. The van der Waals surface area contributed by atoms with Crippen LogP contribution in [0.3, 0.4) is 0 Å². The molecule has 1 aromatic heterocycles. The summed E-state index contributed by atoms with van der Waals surface area (Å²) in [4.78, 5) is 4.04. The quantitative estimate of drug-likeness (QED) is 0.735. The molecule has 13 heavy (non-hydrogen) atoms. The molecule has 0 atom stereocenters. The number of aromatic nitrogens is 2. The van der Waals surface area contributed by atoms with Gasteiger partial charge in [0, 0.05) is 30.8 Å². The van der Waals surface area contributed by atoms with E-state index in [2.05, 4.69) is 14.7 Å². The van der Waals surface area contributed by atoms with Crippen LogP contribution in [0.25, 0.3) is 0 Å². The van der Waals surface area contributed by atoms with E-state index >= 15 is 0 Å². The van der Waals surface area contributed by atoms with Gasteiger partial charge in [-0.15, -0.1) is 0 Å². The van der Waals surface area contributed by atoms with Crippen molar-refractivity contribution in [2.45, 2.75) is 18.9 Å². The molecule has 1 aliphatic heterocycles. The lowest BCUT2D eigenvalue weighted by atomic mass is 10.1. The Kier molecular flexibility index (Phi) is 2.60. The molecule has 2 heterocycles. The first-order valence-corrected chi connectivity index (χ1v) is 5.05. The molecule has 1 saturated heterocycles. The van der Waals surface area contributed by atoms with Gasteiger partial charge < -0.3 is 15.8 Å². The summed E-state index contributed by atoms with van der Waals surface area (Å²) in [5, 5.41) is 4.10. The van der Waals surface area contributed by atoms with Crippen LogP contribution in [0, 0.1) is 0 Å².